The Balaban J connectivity index is 4.38. The minimum absolute atomic E-state index is 0.276. The minimum Gasteiger partial charge on any atom is -0.222 e. The highest BCUT2D eigenvalue weighted by Crippen LogP contribution is 1.97. The molecule has 2 nitrogen and oxygen atoms in total. The highest BCUT2D eigenvalue weighted by Gasteiger charge is 1.89. The number of allylic oxidation sites excluding steroid dienone is 3. The maximum absolute atomic E-state index is 4.07. The molecule has 70 valence electrons. The van der Waals surface area contributed by atoms with E-state index in [4.69, 9.17) is 0 Å². The molecule has 0 amide bonds. The summed E-state index contributed by atoms with van der Waals surface area (Å²) < 4.78 is 0. The van der Waals surface area contributed by atoms with Crippen LogP contribution in [0.25, 0.3) is 0 Å². The van der Waals surface area contributed by atoms with E-state index in [9.17, 15) is 0 Å². The zero-order chi connectivity index (χ0) is 10.1. The second-order valence-corrected chi connectivity index (χ2v) is 2.63. The largest absolute Gasteiger partial charge is 0.222 e. The van der Waals surface area contributed by atoms with Gasteiger partial charge in [-0.05, 0) is 25.5 Å². The second-order valence-electron chi connectivity index (χ2n) is 2.63. The Hall–Kier alpha value is -1.40. The van der Waals surface area contributed by atoms with E-state index >= 15 is 0 Å². The predicted octanol–water partition coefficient (Wildman–Crippen LogP) is 3.21. The molecule has 0 N–H and O–H groups in total. The van der Waals surface area contributed by atoms with Crippen LogP contribution in [0.1, 0.15) is 20.3 Å². The molecule has 0 aliphatic carbocycles. The molecule has 0 rings (SSSR count). The molecular weight excluding hydrogens is 160 g/mol. The molecule has 0 heterocycles. The SMILES string of the molecule is C=C/C=C(\C=C)N=C=NC(C)CC. The Morgan fingerprint density at radius 2 is 2.23 bits per heavy atom. The smallest absolute Gasteiger partial charge is 0.0951 e. The lowest BCUT2D eigenvalue weighted by atomic mass is 10.3. The van der Waals surface area contributed by atoms with E-state index in [-0.39, 0.29) is 6.04 Å². The van der Waals surface area contributed by atoms with Gasteiger partial charge in [-0.15, -0.1) is 0 Å². The van der Waals surface area contributed by atoms with Gasteiger partial charge in [-0.3, -0.25) is 0 Å². The summed E-state index contributed by atoms with van der Waals surface area (Å²) in [6, 6.07) is 2.91. The first-order valence-electron chi connectivity index (χ1n) is 4.35. The van der Waals surface area contributed by atoms with Crippen LogP contribution in [0.4, 0.5) is 0 Å². The fourth-order valence-electron chi connectivity index (χ4n) is 0.548. The van der Waals surface area contributed by atoms with Crippen molar-refractivity contribution in [3.8, 4) is 0 Å². The van der Waals surface area contributed by atoms with Crippen molar-refractivity contribution in [2.75, 3.05) is 0 Å². The van der Waals surface area contributed by atoms with Gasteiger partial charge in [-0.25, -0.2) is 4.99 Å². The topological polar surface area (TPSA) is 24.7 Å². The molecule has 0 spiro atoms. The molecule has 0 aromatic heterocycles. The van der Waals surface area contributed by atoms with Crippen molar-refractivity contribution in [2.24, 2.45) is 9.98 Å². The van der Waals surface area contributed by atoms with Gasteiger partial charge in [0.1, 0.15) is 0 Å². The Kier molecular flexibility index (Phi) is 6.48. The number of nitrogens with zero attached hydrogens (tertiary/aromatic N) is 2. The van der Waals surface area contributed by atoms with Crippen molar-refractivity contribution in [3.05, 3.63) is 37.1 Å². The van der Waals surface area contributed by atoms with E-state index in [1.165, 1.54) is 0 Å². The molecule has 1 unspecified atom stereocenters. The predicted molar refractivity (Wildman–Crippen MR) is 58.1 cm³/mol. The highest BCUT2D eigenvalue weighted by molar-refractivity contribution is 5.46. The lowest BCUT2D eigenvalue weighted by Gasteiger charge is -1.94. The molecule has 0 aliphatic rings. The van der Waals surface area contributed by atoms with Crippen LogP contribution in [0.15, 0.2) is 47.1 Å². The van der Waals surface area contributed by atoms with Gasteiger partial charge in [-0.2, -0.15) is 4.99 Å². The van der Waals surface area contributed by atoms with Crippen molar-refractivity contribution < 1.29 is 0 Å². The summed E-state index contributed by atoms with van der Waals surface area (Å²) in [6.45, 7) is 11.3. The van der Waals surface area contributed by atoms with Gasteiger partial charge in [0.05, 0.1) is 17.7 Å². The van der Waals surface area contributed by atoms with Crippen molar-refractivity contribution in [1.29, 1.82) is 0 Å². The van der Waals surface area contributed by atoms with Crippen LogP contribution >= 0.6 is 0 Å². The molecule has 0 aromatic carbocycles. The van der Waals surface area contributed by atoms with Gasteiger partial charge >= 0.3 is 0 Å². The monoisotopic (exact) mass is 176 g/mol. The Labute approximate surface area is 80.1 Å². The van der Waals surface area contributed by atoms with Gasteiger partial charge in [-0.1, -0.05) is 26.2 Å². The molecule has 0 saturated heterocycles. The minimum atomic E-state index is 0.276. The van der Waals surface area contributed by atoms with E-state index in [0.717, 1.165) is 12.1 Å². The molecule has 0 aliphatic heterocycles. The Bertz CT molecular complexity index is 255. The van der Waals surface area contributed by atoms with Crippen LogP contribution in [-0.4, -0.2) is 12.1 Å². The van der Waals surface area contributed by atoms with E-state index in [1.807, 2.05) is 6.92 Å². The van der Waals surface area contributed by atoms with E-state index in [1.54, 1.807) is 18.2 Å². The zero-order valence-electron chi connectivity index (χ0n) is 8.33. The van der Waals surface area contributed by atoms with E-state index < -0.39 is 0 Å². The maximum Gasteiger partial charge on any atom is 0.0951 e. The van der Waals surface area contributed by atoms with Gasteiger partial charge in [0.25, 0.3) is 0 Å². The number of hydrogen-bond acceptors (Lipinski definition) is 2. The third-order valence-electron chi connectivity index (χ3n) is 1.55. The first kappa shape index (κ1) is 11.6. The lowest BCUT2D eigenvalue weighted by molar-refractivity contribution is 0.721. The van der Waals surface area contributed by atoms with Crippen molar-refractivity contribution in [2.45, 2.75) is 26.3 Å². The van der Waals surface area contributed by atoms with Crippen LogP contribution in [-0.2, 0) is 0 Å². The molecule has 0 fully saturated rings. The molecule has 0 bridgehead atoms. The third-order valence-corrected chi connectivity index (χ3v) is 1.55. The maximum atomic E-state index is 4.07. The summed E-state index contributed by atoms with van der Waals surface area (Å²) in [5, 5.41) is 0. The van der Waals surface area contributed by atoms with E-state index in [0.29, 0.717) is 0 Å². The number of hydrogen-bond donors (Lipinski definition) is 0. The zero-order valence-corrected chi connectivity index (χ0v) is 8.33. The van der Waals surface area contributed by atoms with Crippen LogP contribution in [0, 0.1) is 0 Å². The summed E-state index contributed by atoms with van der Waals surface area (Å²) in [7, 11) is 0. The van der Waals surface area contributed by atoms with Gasteiger partial charge in [0.15, 0.2) is 0 Å². The average molecular weight is 176 g/mol. The normalized spacial score (nSPS) is 12.6. The van der Waals surface area contributed by atoms with Crippen LogP contribution in [0.3, 0.4) is 0 Å². The number of rotatable bonds is 5. The van der Waals surface area contributed by atoms with Crippen LogP contribution < -0.4 is 0 Å². The molecule has 13 heavy (non-hydrogen) atoms. The summed E-state index contributed by atoms with van der Waals surface area (Å²) in [5.41, 5.74) is 0.724. The fraction of sp³-hybridized carbons (Fsp3) is 0.364. The van der Waals surface area contributed by atoms with Crippen molar-refractivity contribution >= 4 is 6.01 Å². The molecule has 0 saturated carbocycles. The highest BCUT2D eigenvalue weighted by atomic mass is 14.8. The van der Waals surface area contributed by atoms with Crippen LogP contribution in [0.5, 0.6) is 0 Å². The molecule has 0 aromatic rings. The lowest BCUT2D eigenvalue weighted by Crippen LogP contribution is -1.91. The standard InChI is InChI=1S/C11H16N2/c1-5-8-11(7-3)13-9-12-10(4)6-2/h5,7-8,10H,1,3,6H2,2,4H3/b11-8+. The quantitative estimate of drug-likeness (QED) is 0.454. The first-order chi connectivity index (χ1) is 6.24. The summed E-state index contributed by atoms with van der Waals surface area (Å²) in [6.07, 6.45) is 6.05. The van der Waals surface area contributed by atoms with E-state index in [2.05, 4.69) is 36.1 Å². The summed E-state index contributed by atoms with van der Waals surface area (Å²) >= 11 is 0. The third kappa shape index (κ3) is 5.83. The summed E-state index contributed by atoms with van der Waals surface area (Å²) in [5.74, 6) is 0. The van der Waals surface area contributed by atoms with Gasteiger partial charge < -0.3 is 0 Å². The molecule has 1 atom stereocenters. The fourth-order valence-corrected chi connectivity index (χ4v) is 0.548. The van der Waals surface area contributed by atoms with Gasteiger partial charge in [0, 0.05) is 0 Å². The molecule has 0 radical (unpaired) electrons. The average Bonchev–Trinajstić information content (AvgIpc) is 2.16. The second kappa shape index (κ2) is 7.26. The Morgan fingerprint density at radius 3 is 2.69 bits per heavy atom. The number of aliphatic imine (C=N–C) groups is 2. The molecule has 2 heteroatoms. The van der Waals surface area contributed by atoms with Crippen molar-refractivity contribution in [3.63, 3.8) is 0 Å². The van der Waals surface area contributed by atoms with Gasteiger partial charge in [0.2, 0.25) is 0 Å². The molecular formula is C11H16N2. The summed E-state index contributed by atoms with van der Waals surface area (Å²) in [4.78, 5) is 8.05. The van der Waals surface area contributed by atoms with Crippen LogP contribution in [0.2, 0.25) is 0 Å². The Morgan fingerprint density at radius 1 is 1.54 bits per heavy atom. The first-order valence-corrected chi connectivity index (χ1v) is 4.35. The van der Waals surface area contributed by atoms with Crippen molar-refractivity contribution in [1.82, 2.24) is 0 Å².